The topological polar surface area (TPSA) is 33.1 Å². The van der Waals surface area contributed by atoms with Crippen molar-refractivity contribution in [3.63, 3.8) is 0 Å². The molecule has 2 rings (SSSR count). The van der Waals surface area contributed by atoms with Gasteiger partial charge < -0.3 is 14.8 Å². The van der Waals surface area contributed by atoms with Crippen LogP contribution in [0.5, 0.6) is 0 Å². The molecule has 0 radical (unpaired) electrons. The smallest absolute Gasteiger partial charge is 0.111 e. The second-order valence-electron chi connectivity index (χ2n) is 5.98. The maximum Gasteiger partial charge on any atom is 0.111 e. The van der Waals surface area contributed by atoms with E-state index < -0.39 is 0 Å². The van der Waals surface area contributed by atoms with E-state index in [2.05, 4.69) is 60.9 Å². The molecular formula is C17H28N4. The van der Waals surface area contributed by atoms with Crippen molar-refractivity contribution in [3.05, 3.63) is 29.6 Å². The maximum atomic E-state index is 4.85. The van der Waals surface area contributed by atoms with Crippen LogP contribution in [0, 0.1) is 6.92 Å². The van der Waals surface area contributed by atoms with Crippen LogP contribution in [0.3, 0.4) is 0 Å². The number of aryl methyl sites for hydroxylation is 1. The number of nitrogens with one attached hydrogen (secondary N) is 1. The van der Waals surface area contributed by atoms with Gasteiger partial charge in [0.05, 0.1) is 11.0 Å². The van der Waals surface area contributed by atoms with Crippen LogP contribution >= 0.6 is 0 Å². The molecule has 0 saturated heterocycles. The van der Waals surface area contributed by atoms with Crippen LogP contribution in [0.4, 0.5) is 0 Å². The molecule has 1 aromatic heterocycles. The van der Waals surface area contributed by atoms with Crippen molar-refractivity contribution in [2.24, 2.45) is 0 Å². The second-order valence-corrected chi connectivity index (χ2v) is 5.98. The predicted molar refractivity (Wildman–Crippen MR) is 89.9 cm³/mol. The van der Waals surface area contributed by atoms with Gasteiger partial charge in [0, 0.05) is 26.1 Å². The molecular weight excluding hydrogens is 260 g/mol. The van der Waals surface area contributed by atoms with Crippen LogP contribution in [0.1, 0.15) is 24.7 Å². The first-order valence-corrected chi connectivity index (χ1v) is 7.93. The lowest BCUT2D eigenvalue weighted by molar-refractivity contribution is 0.383. The summed E-state index contributed by atoms with van der Waals surface area (Å²) in [4.78, 5) is 7.07. The number of nitrogens with zero attached hydrogens (tertiary/aromatic N) is 3. The van der Waals surface area contributed by atoms with Gasteiger partial charge in [-0.15, -0.1) is 0 Å². The van der Waals surface area contributed by atoms with Gasteiger partial charge in [-0.2, -0.15) is 0 Å². The molecule has 0 atom stereocenters. The monoisotopic (exact) mass is 288 g/mol. The summed E-state index contributed by atoms with van der Waals surface area (Å²) in [6.45, 7) is 8.43. The maximum absolute atomic E-state index is 4.85. The first-order chi connectivity index (χ1) is 10.1. The van der Waals surface area contributed by atoms with E-state index in [0.29, 0.717) is 0 Å². The largest absolute Gasteiger partial charge is 0.327 e. The molecule has 0 aliphatic heterocycles. The van der Waals surface area contributed by atoms with E-state index in [-0.39, 0.29) is 0 Å². The summed E-state index contributed by atoms with van der Waals surface area (Å²) in [6, 6.07) is 6.57. The van der Waals surface area contributed by atoms with Crippen molar-refractivity contribution in [3.8, 4) is 0 Å². The van der Waals surface area contributed by atoms with Crippen molar-refractivity contribution < 1.29 is 0 Å². The minimum atomic E-state index is 0.987. The fraction of sp³-hybridized carbons (Fsp3) is 0.588. The van der Waals surface area contributed by atoms with E-state index in [0.717, 1.165) is 38.1 Å². The number of likely N-dealkylation sites (N-methyl/N-ethyl adjacent to an activating group) is 1. The summed E-state index contributed by atoms with van der Waals surface area (Å²) in [5.74, 6) is 1.20. The Labute approximate surface area is 128 Å². The van der Waals surface area contributed by atoms with Crippen LogP contribution in [0.25, 0.3) is 11.0 Å². The summed E-state index contributed by atoms with van der Waals surface area (Å²) in [5, 5.41) is 3.47. The third kappa shape index (κ3) is 4.29. The van der Waals surface area contributed by atoms with Gasteiger partial charge in [0.1, 0.15) is 5.82 Å². The van der Waals surface area contributed by atoms with Gasteiger partial charge in [-0.1, -0.05) is 13.0 Å². The predicted octanol–water partition coefficient (Wildman–Crippen LogP) is 2.45. The van der Waals surface area contributed by atoms with Gasteiger partial charge in [0.15, 0.2) is 0 Å². The Morgan fingerprint density at radius 2 is 2.05 bits per heavy atom. The Bertz CT molecular complexity index is 571. The average Bonchev–Trinajstić information content (AvgIpc) is 2.78. The first-order valence-electron chi connectivity index (χ1n) is 7.93. The molecule has 1 heterocycles. The van der Waals surface area contributed by atoms with E-state index in [9.17, 15) is 0 Å². The molecule has 4 nitrogen and oxygen atoms in total. The molecule has 0 unspecified atom stereocenters. The molecule has 0 saturated carbocycles. The average molecular weight is 288 g/mol. The normalized spacial score (nSPS) is 11.7. The van der Waals surface area contributed by atoms with E-state index in [1.807, 2.05) is 0 Å². The minimum absolute atomic E-state index is 0.987. The fourth-order valence-corrected chi connectivity index (χ4v) is 2.53. The van der Waals surface area contributed by atoms with E-state index >= 15 is 0 Å². The van der Waals surface area contributed by atoms with Crippen molar-refractivity contribution in [2.75, 3.05) is 33.7 Å². The molecule has 2 aromatic rings. The number of aromatic nitrogens is 2. The molecule has 0 aliphatic carbocycles. The lowest BCUT2D eigenvalue weighted by Gasteiger charge is -2.13. The van der Waals surface area contributed by atoms with E-state index in [1.165, 1.54) is 23.3 Å². The summed E-state index contributed by atoms with van der Waals surface area (Å²) in [6.07, 6.45) is 2.16. The molecule has 4 heteroatoms. The third-order valence-corrected chi connectivity index (χ3v) is 3.71. The van der Waals surface area contributed by atoms with Gasteiger partial charge in [-0.25, -0.2) is 4.98 Å². The molecule has 116 valence electrons. The number of rotatable bonds is 8. The van der Waals surface area contributed by atoms with Crippen LogP contribution < -0.4 is 5.32 Å². The molecule has 21 heavy (non-hydrogen) atoms. The number of hydrogen-bond donors (Lipinski definition) is 1. The van der Waals surface area contributed by atoms with Crippen LogP contribution in [-0.4, -0.2) is 48.2 Å². The van der Waals surface area contributed by atoms with Gasteiger partial charge >= 0.3 is 0 Å². The lowest BCUT2D eigenvalue weighted by Crippen LogP contribution is -2.22. The van der Waals surface area contributed by atoms with Crippen LogP contribution in [0.15, 0.2) is 18.2 Å². The fourth-order valence-electron chi connectivity index (χ4n) is 2.53. The Kier molecular flexibility index (Phi) is 5.76. The Balaban J connectivity index is 2.21. The second kappa shape index (κ2) is 7.57. The summed E-state index contributed by atoms with van der Waals surface area (Å²) in [5.41, 5.74) is 3.66. The summed E-state index contributed by atoms with van der Waals surface area (Å²) < 4.78 is 2.38. The highest BCUT2D eigenvalue weighted by molar-refractivity contribution is 5.76. The molecule has 1 aromatic carbocycles. The Morgan fingerprint density at radius 3 is 2.76 bits per heavy atom. The quantitative estimate of drug-likeness (QED) is 0.758. The van der Waals surface area contributed by atoms with Gasteiger partial charge in [-0.3, -0.25) is 0 Å². The molecule has 0 spiro atoms. The SMILES string of the molecule is CCCNCCc1nc2cc(C)ccc2n1CCN(C)C. The van der Waals surface area contributed by atoms with Crippen molar-refractivity contribution in [1.29, 1.82) is 0 Å². The lowest BCUT2D eigenvalue weighted by atomic mass is 10.2. The summed E-state index contributed by atoms with van der Waals surface area (Å²) in [7, 11) is 4.23. The highest BCUT2D eigenvalue weighted by Gasteiger charge is 2.10. The van der Waals surface area contributed by atoms with Gasteiger partial charge in [0.25, 0.3) is 0 Å². The zero-order valence-electron chi connectivity index (χ0n) is 13.8. The molecule has 1 N–H and O–H groups in total. The van der Waals surface area contributed by atoms with E-state index in [1.54, 1.807) is 0 Å². The molecule has 0 amide bonds. The Hall–Kier alpha value is -1.39. The van der Waals surface area contributed by atoms with Crippen molar-refractivity contribution in [2.45, 2.75) is 33.2 Å². The molecule has 0 aliphatic rings. The number of hydrogen-bond acceptors (Lipinski definition) is 3. The van der Waals surface area contributed by atoms with E-state index in [4.69, 9.17) is 4.98 Å². The first kappa shape index (κ1) is 16.0. The molecule has 0 bridgehead atoms. The number of benzene rings is 1. The third-order valence-electron chi connectivity index (χ3n) is 3.71. The van der Waals surface area contributed by atoms with Crippen LogP contribution in [0.2, 0.25) is 0 Å². The highest BCUT2D eigenvalue weighted by atomic mass is 15.1. The minimum Gasteiger partial charge on any atom is -0.327 e. The number of imidazole rings is 1. The molecule has 0 fully saturated rings. The van der Waals surface area contributed by atoms with Gasteiger partial charge in [-0.05, 0) is 51.7 Å². The van der Waals surface area contributed by atoms with Crippen LogP contribution in [-0.2, 0) is 13.0 Å². The summed E-state index contributed by atoms with van der Waals surface area (Å²) >= 11 is 0. The van der Waals surface area contributed by atoms with Crippen molar-refractivity contribution in [1.82, 2.24) is 19.8 Å². The van der Waals surface area contributed by atoms with Crippen molar-refractivity contribution >= 4 is 11.0 Å². The zero-order valence-corrected chi connectivity index (χ0v) is 13.8. The zero-order chi connectivity index (χ0) is 15.2. The highest BCUT2D eigenvalue weighted by Crippen LogP contribution is 2.18. The number of fused-ring (bicyclic) bond motifs is 1. The Morgan fingerprint density at radius 1 is 1.24 bits per heavy atom. The standard InChI is InChI=1S/C17H28N4/c1-5-9-18-10-8-17-19-15-13-14(2)6-7-16(15)21(17)12-11-20(3)4/h6-7,13,18H,5,8-12H2,1-4H3. The van der Waals surface area contributed by atoms with Gasteiger partial charge in [0.2, 0.25) is 0 Å².